The molecule has 1 heterocycles. The number of hydrogen-bond acceptors (Lipinski definition) is 2. The minimum atomic E-state index is -0.889. The number of allylic oxidation sites excluding steroid dienone is 2. The fourth-order valence-corrected chi connectivity index (χ4v) is 4.64. The van der Waals surface area contributed by atoms with Crippen LogP contribution in [0.2, 0.25) is 0 Å². The topological polar surface area (TPSA) is 49.3 Å². The Morgan fingerprint density at radius 3 is 2.46 bits per heavy atom. The second-order valence-electron chi connectivity index (χ2n) is 7.54. The molecule has 0 unspecified atom stereocenters. The van der Waals surface area contributed by atoms with Gasteiger partial charge in [-0.2, -0.15) is 0 Å². The van der Waals surface area contributed by atoms with Gasteiger partial charge >= 0.3 is 5.97 Å². The zero-order valence-electron chi connectivity index (χ0n) is 15.4. The number of rotatable bonds is 3. The van der Waals surface area contributed by atoms with Gasteiger partial charge in [0, 0.05) is 17.2 Å². The van der Waals surface area contributed by atoms with Crippen LogP contribution >= 0.6 is 0 Å². The number of benzene rings is 3. The van der Waals surface area contributed by atoms with Crippen LogP contribution in [-0.2, 0) is 0 Å². The van der Waals surface area contributed by atoms with E-state index in [1.807, 2.05) is 18.2 Å². The summed E-state index contributed by atoms with van der Waals surface area (Å²) in [5.41, 5.74) is 6.41. The number of para-hydroxylation sites is 1. The average Bonchev–Trinajstić information content (AvgIpc) is 3.24. The van der Waals surface area contributed by atoms with Crippen molar-refractivity contribution in [2.24, 2.45) is 5.92 Å². The lowest BCUT2D eigenvalue weighted by molar-refractivity contribution is 0.0697. The van der Waals surface area contributed by atoms with Crippen molar-refractivity contribution in [2.45, 2.75) is 18.4 Å². The zero-order chi connectivity index (χ0) is 19.1. The van der Waals surface area contributed by atoms with Crippen LogP contribution < -0.4 is 5.32 Å². The third-order valence-corrected chi connectivity index (χ3v) is 6.00. The fourth-order valence-electron chi connectivity index (χ4n) is 4.64. The standard InChI is InChI=1S/C25H21NO2/c27-25(28)18-14-12-17(13-15-18)23-21-10-5-9-20(21)22-11-4-8-19(24(22)26-23)16-6-2-1-3-7-16/h1-9,11-15,20-21,23,26H,10H2,(H,27,28)/t20-,21-,23-/m0/s1. The van der Waals surface area contributed by atoms with Gasteiger partial charge in [-0.05, 0) is 41.2 Å². The average molecular weight is 367 g/mol. The van der Waals surface area contributed by atoms with Gasteiger partial charge in [0.25, 0.3) is 0 Å². The number of anilines is 1. The van der Waals surface area contributed by atoms with Crippen molar-refractivity contribution in [2.75, 3.05) is 5.32 Å². The third-order valence-electron chi connectivity index (χ3n) is 6.00. The summed E-state index contributed by atoms with van der Waals surface area (Å²) in [5.74, 6) is -0.0708. The van der Waals surface area contributed by atoms with Gasteiger partial charge in [0.05, 0.1) is 11.6 Å². The zero-order valence-corrected chi connectivity index (χ0v) is 15.4. The SMILES string of the molecule is O=C(O)c1ccc([C@@H]2Nc3c(-c4ccccc4)cccc3[C@H]3C=CC[C@@H]32)cc1. The van der Waals surface area contributed by atoms with Crippen molar-refractivity contribution in [3.63, 3.8) is 0 Å². The van der Waals surface area contributed by atoms with Crippen LogP contribution in [0.3, 0.4) is 0 Å². The van der Waals surface area contributed by atoms with Crippen molar-refractivity contribution in [3.8, 4) is 11.1 Å². The molecule has 0 amide bonds. The Morgan fingerprint density at radius 1 is 0.929 bits per heavy atom. The molecular formula is C25H21NO2. The van der Waals surface area contributed by atoms with E-state index in [0.717, 1.165) is 12.0 Å². The van der Waals surface area contributed by atoms with Crippen LogP contribution in [0.25, 0.3) is 11.1 Å². The molecule has 0 radical (unpaired) electrons. The van der Waals surface area contributed by atoms with Crippen LogP contribution in [0, 0.1) is 5.92 Å². The maximum absolute atomic E-state index is 11.2. The molecule has 138 valence electrons. The molecule has 28 heavy (non-hydrogen) atoms. The first-order chi connectivity index (χ1) is 13.7. The monoisotopic (exact) mass is 367 g/mol. The third kappa shape index (κ3) is 2.71. The Bertz CT molecular complexity index is 1050. The van der Waals surface area contributed by atoms with Gasteiger partial charge < -0.3 is 10.4 Å². The minimum Gasteiger partial charge on any atom is -0.478 e. The molecule has 1 aliphatic heterocycles. The summed E-state index contributed by atoms with van der Waals surface area (Å²) in [7, 11) is 0. The Labute approximate surface area is 164 Å². The highest BCUT2D eigenvalue weighted by molar-refractivity contribution is 5.87. The summed E-state index contributed by atoms with van der Waals surface area (Å²) < 4.78 is 0. The number of carbonyl (C=O) groups is 1. The van der Waals surface area contributed by atoms with E-state index < -0.39 is 5.97 Å². The molecular weight excluding hydrogens is 346 g/mol. The van der Waals surface area contributed by atoms with Crippen LogP contribution in [0.5, 0.6) is 0 Å². The molecule has 1 aliphatic carbocycles. The number of carboxylic acid groups (broad SMARTS) is 1. The second-order valence-corrected chi connectivity index (χ2v) is 7.54. The van der Waals surface area contributed by atoms with E-state index in [9.17, 15) is 9.90 Å². The maximum atomic E-state index is 11.2. The summed E-state index contributed by atoms with van der Waals surface area (Å²) in [4.78, 5) is 11.2. The summed E-state index contributed by atoms with van der Waals surface area (Å²) in [6, 6.07) is 24.5. The van der Waals surface area contributed by atoms with Crippen molar-refractivity contribution in [1.29, 1.82) is 0 Å². The molecule has 3 nitrogen and oxygen atoms in total. The molecule has 2 aliphatic rings. The van der Waals surface area contributed by atoms with Gasteiger partial charge in [-0.25, -0.2) is 4.79 Å². The summed E-state index contributed by atoms with van der Waals surface area (Å²) in [5, 5.41) is 13.0. The van der Waals surface area contributed by atoms with E-state index in [1.165, 1.54) is 22.4 Å². The highest BCUT2D eigenvalue weighted by Gasteiger charge is 2.38. The van der Waals surface area contributed by atoms with Gasteiger partial charge in [0.2, 0.25) is 0 Å². The maximum Gasteiger partial charge on any atom is 0.335 e. The highest BCUT2D eigenvalue weighted by Crippen LogP contribution is 2.52. The predicted molar refractivity (Wildman–Crippen MR) is 112 cm³/mol. The Kier molecular flexibility index (Phi) is 4.01. The molecule has 2 N–H and O–H groups in total. The Morgan fingerprint density at radius 2 is 1.71 bits per heavy atom. The van der Waals surface area contributed by atoms with Crippen molar-refractivity contribution < 1.29 is 9.90 Å². The van der Waals surface area contributed by atoms with Crippen molar-refractivity contribution >= 4 is 11.7 Å². The molecule has 0 fully saturated rings. The van der Waals surface area contributed by atoms with Crippen LogP contribution in [0.1, 0.15) is 39.9 Å². The molecule has 0 bridgehead atoms. The summed E-state index contributed by atoms with van der Waals surface area (Å²) in [6.07, 6.45) is 5.63. The quantitative estimate of drug-likeness (QED) is 0.569. The van der Waals surface area contributed by atoms with Gasteiger partial charge in [-0.1, -0.05) is 72.8 Å². The van der Waals surface area contributed by atoms with E-state index in [2.05, 4.69) is 59.9 Å². The summed E-state index contributed by atoms with van der Waals surface area (Å²) >= 11 is 0. The van der Waals surface area contributed by atoms with Crippen LogP contribution in [0.15, 0.2) is 84.9 Å². The lowest BCUT2D eigenvalue weighted by Crippen LogP contribution is -2.29. The van der Waals surface area contributed by atoms with E-state index in [-0.39, 0.29) is 6.04 Å². The molecule has 0 spiro atoms. The molecule has 3 heteroatoms. The lowest BCUT2D eigenvalue weighted by Gasteiger charge is -2.38. The molecule has 0 saturated carbocycles. The van der Waals surface area contributed by atoms with E-state index >= 15 is 0 Å². The highest BCUT2D eigenvalue weighted by atomic mass is 16.4. The summed E-state index contributed by atoms with van der Waals surface area (Å²) in [6.45, 7) is 0. The number of carboxylic acids is 1. The van der Waals surface area contributed by atoms with Gasteiger partial charge in [-0.3, -0.25) is 0 Å². The van der Waals surface area contributed by atoms with Crippen LogP contribution in [-0.4, -0.2) is 11.1 Å². The number of fused-ring (bicyclic) bond motifs is 3. The van der Waals surface area contributed by atoms with Gasteiger partial charge in [0.15, 0.2) is 0 Å². The van der Waals surface area contributed by atoms with Crippen molar-refractivity contribution in [3.05, 3.63) is 102 Å². The molecule has 5 rings (SSSR count). The predicted octanol–water partition coefficient (Wildman–Crippen LogP) is 5.88. The number of hydrogen-bond donors (Lipinski definition) is 2. The first-order valence-corrected chi connectivity index (χ1v) is 9.67. The largest absolute Gasteiger partial charge is 0.478 e. The van der Waals surface area contributed by atoms with Gasteiger partial charge in [0.1, 0.15) is 0 Å². The van der Waals surface area contributed by atoms with E-state index in [4.69, 9.17) is 0 Å². The Balaban J connectivity index is 1.60. The molecule has 0 aromatic heterocycles. The molecule has 0 saturated heterocycles. The fraction of sp³-hybridized carbons (Fsp3) is 0.160. The van der Waals surface area contributed by atoms with Crippen LogP contribution in [0.4, 0.5) is 5.69 Å². The first kappa shape index (κ1) is 16.8. The molecule has 3 aromatic carbocycles. The van der Waals surface area contributed by atoms with E-state index in [0.29, 0.717) is 17.4 Å². The lowest BCUT2D eigenvalue weighted by atomic mass is 9.76. The second kappa shape index (κ2) is 6.68. The minimum absolute atomic E-state index is 0.153. The number of aromatic carboxylic acids is 1. The number of nitrogens with one attached hydrogen (secondary N) is 1. The molecule has 3 atom stereocenters. The normalized spacial score (nSPS) is 22.2. The smallest absolute Gasteiger partial charge is 0.335 e. The van der Waals surface area contributed by atoms with E-state index in [1.54, 1.807) is 12.1 Å². The Hall–Kier alpha value is -3.33. The van der Waals surface area contributed by atoms with Crippen molar-refractivity contribution in [1.82, 2.24) is 0 Å². The van der Waals surface area contributed by atoms with Gasteiger partial charge in [-0.15, -0.1) is 0 Å². The molecule has 3 aromatic rings. The first-order valence-electron chi connectivity index (χ1n) is 9.67.